The number of rotatable bonds is 2. The van der Waals surface area contributed by atoms with Crippen molar-refractivity contribution in [3.8, 4) is 5.75 Å². The van der Waals surface area contributed by atoms with Crippen molar-refractivity contribution >= 4 is 21.6 Å². The number of alkyl halides is 2. The van der Waals surface area contributed by atoms with Crippen molar-refractivity contribution in [2.75, 3.05) is 5.73 Å². The van der Waals surface area contributed by atoms with E-state index in [1.165, 1.54) is 6.07 Å². The van der Waals surface area contributed by atoms with E-state index in [1.54, 1.807) is 13.0 Å². The molecule has 0 aliphatic carbocycles. The van der Waals surface area contributed by atoms with Crippen LogP contribution in [0.15, 0.2) is 16.6 Å². The zero-order chi connectivity index (χ0) is 10.0. The quantitative estimate of drug-likeness (QED) is 0.821. The van der Waals surface area contributed by atoms with E-state index in [2.05, 4.69) is 20.7 Å². The van der Waals surface area contributed by atoms with Crippen LogP contribution in [-0.4, -0.2) is 6.61 Å². The number of nitrogens with two attached hydrogens (primary N) is 1. The molecule has 0 heterocycles. The summed E-state index contributed by atoms with van der Waals surface area (Å²) in [6, 6.07) is 3.19. The second kappa shape index (κ2) is 3.91. The van der Waals surface area contributed by atoms with E-state index in [4.69, 9.17) is 5.73 Å². The monoisotopic (exact) mass is 251 g/mol. The molecule has 0 unspecified atom stereocenters. The molecule has 1 aromatic rings. The smallest absolute Gasteiger partial charge is 0.387 e. The fourth-order valence-corrected chi connectivity index (χ4v) is 1.25. The SMILES string of the molecule is Cc1c(Br)ccc(N)c1OC(F)F. The molecule has 0 aliphatic rings. The maximum Gasteiger partial charge on any atom is 0.387 e. The zero-order valence-electron chi connectivity index (χ0n) is 6.85. The summed E-state index contributed by atoms with van der Waals surface area (Å²) in [5.74, 6) is 0.0318. The summed E-state index contributed by atoms with van der Waals surface area (Å²) >= 11 is 3.19. The van der Waals surface area contributed by atoms with Gasteiger partial charge in [-0.25, -0.2) is 0 Å². The first kappa shape index (κ1) is 10.2. The molecule has 5 heteroatoms. The van der Waals surface area contributed by atoms with Crippen molar-refractivity contribution in [3.63, 3.8) is 0 Å². The summed E-state index contributed by atoms with van der Waals surface area (Å²) in [4.78, 5) is 0. The van der Waals surface area contributed by atoms with E-state index in [0.29, 0.717) is 10.0 Å². The lowest BCUT2D eigenvalue weighted by atomic mass is 10.2. The lowest BCUT2D eigenvalue weighted by Crippen LogP contribution is -2.06. The second-order valence-corrected chi connectivity index (χ2v) is 3.32. The van der Waals surface area contributed by atoms with Gasteiger partial charge in [0.05, 0.1) is 5.69 Å². The third-order valence-electron chi connectivity index (χ3n) is 1.58. The molecule has 2 N–H and O–H groups in total. The van der Waals surface area contributed by atoms with Crippen molar-refractivity contribution < 1.29 is 13.5 Å². The van der Waals surface area contributed by atoms with Gasteiger partial charge in [0.1, 0.15) is 0 Å². The van der Waals surface area contributed by atoms with Gasteiger partial charge in [0.2, 0.25) is 0 Å². The minimum absolute atomic E-state index is 0.0318. The van der Waals surface area contributed by atoms with Crippen LogP contribution < -0.4 is 10.5 Å². The number of anilines is 1. The maximum atomic E-state index is 11.9. The van der Waals surface area contributed by atoms with Crippen LogP contribution in [-0.2, 0) is 0 Å². The van der Waals surface area contributed by atoms with E-state index < -0.39 is 6.61 Å². The highest BCUT2D eigenvalue weighted by atomic mass is 79.9. The minimum atomic E-state index is -2.85. The standard InChI is InChI=1S/C8H8BrF2NO/c1-4-5(9)2-3-6(12)7(4)13-8(10)11/h2-3,8H,12H2,1H3. The normalized spacial score (nSPS) is 10.5. The average molecular weight is 252 g/mol. The molecule has 2 nitrogen and oxygen atoms in total. The molecule has 0 radical (unpaired) electrons. The molecule has 0 amide bonds. The van der Waals surface area contributed by atoms with Crippen LogP contribution in [0.2, 0.25) is 0 Å². The second-order valence-electron chi connectivity index (χ2n) is 2.47. The summed E-state index contributed by atoms with van der Waals surface area (Å²) in [6.45, 7) is -1.20. The Morgan fingerprint density at radius 3 is 2.62 bits per heavy atom. The molecule has 13 heavy (non-hydrogen) atoms. The summed E-state index contributed by atoms with van der Waals surface area (Å²) in [7, 11) is 0. The first-order valence-corrected chi connectivity index (χ1v) is 4.31. The molecule has 72 valence electrons. The number of ether oxygens (including phenoxy) is 1. The van der Waals surface area contributed by atoms with Gasteiger partial charge >= 0.3 is 6.61 Å². The molecule has 0 spiro atoms. The Hall–Kier alpha value is -0.840. The Morgan fingerprint density at radius 1 is 1.46 bits per heavy atom. The predicted molar refractivity (Wildman–Crippen MR) is 49.9 cm³/mol. The Morgan fingerprint density at radius 2 is 2.08 bits per heavy atom. The third-order valence-corrected chi connectivity index (χ3v) is 2.44. The van der Waals surface area contributed by atoms with Crippen molar-refractivity contribution in [1.29, 1.82) is 0 Å². The molecule has 0 atom stereocenters. The molecular weight excluding hydrogens is 244 g/mol. The van der Waals surface area contributed by atoms with Crippen LogP contribution >= 0.6 is 15.9 Å². The van der Waals surface area contributed by atoms with Crippen LogP contribution in [0.25, 0.3) is 0 Å². The van der Waals surface area contributed by atoms with Gasteiger partial charge in [-0.1, -0.05) is 15.9 Å². The van der Waals surface area contributed by atoms with Crippen molar-refractivity contribution in [3.05, 3.63) is 22.2 Å². The molecule has 0 aliphatic heterocycles. The largest absolute Gasteiger partial charge is 0.432 e. The van der Waals surface area contributed by atoms with Gasteiger partial charge in [0, 0.05) is 10.0 Å². The Kier molecular flexibility index (Phi) is 3.08. The highest BCUT2D eigenvalue weighted by Crippen LogP contribution is 2.32. The molecule has 0 fully saturated rings. The van der Waals surface area contributed by atoms with Crippen LogP contribution in [0.4, 0.5) is 14.5 Å². The van der Waals surface area contributed by atoms with E-state index in [-0.39, 0.29) is 11.4 Å². The lowest BCUT2D eigenvalue weighted by Gasteiger charge is -2.11. The van der Waals surface area contributed by atoms with Crippen LogP contribution in [0.5, 0.6) is 5.75 Å². The van der Waals surface area contributed by atoms with Gasteiger partial charge in [-0.15, -0.1) is 0 Å². The molecule has 1 aromatic carbocycles. The molecular formula is C8H8BrF2NO. The van der Waals surface area contributed by atoms with Gasteiger partial charge in [-0.2, -0.15) is 8.78 Å². The van der Waals surface area contributed by atoms with E-state index in [9.17, 15) is 8.78 Å². The first-order chi connectivity index (χ1) is 6.02. The van der Waals surface area contributed by atoms with Gasteiger partial charge in [0.25, 0.3) is 0 Å². The van der Waals surface area contributed by atoms with Gasteiger partial charge < -0.3 is 10.5 Å². The fourth-order valence-electron chi connectivity index (χ4n) is 0.934. The van der Waals surface area contributed by atoms with E-state index >= 15 is 0 Å². The topological polar surface area (TPSA) is 35.2 Å². The van der Waals surface area contributed by atoms with Crippen molar-refractivity contribution in [2.45, 2.75) is 13.5 Å². The predicted octanol–water partition coefficient (Wildman–Crippen LogP) is 2.94. The minimum Gasteiger partial charge on any atom is -0.432 e. The Bertz CT molecular complexity index is 317. The number of hydrogen-bond donors (Lipinski definition) is 1. The maximum absolute atomic E-state index is 11.9. The molecule has 1 rings (SSSR count). The van der Waals surface area contributed by atoms with E-state index in [0.717, 1.165) is 0 Å². The molecule has 0 saturated heterocycles. The lowest BCUT2D eigenvalue weighted by molar-refractivity contribution is -0.0498. The summed E-state index contributed by atoms with van der Waals surface area (Å²) in [5, 5.41) is 0. The molecule has 0 saturated carbocycles. The number of benzene rings is 1. The van der Waals surface area contributed by atoms with Crippen LogP contribution in [0.3, 0.4) is 0 Å². The summed E-state index contributed by atoms with van der Waals surface area (Å²) in [6.07, 6.45) is 0. The average Bonchev–Trinajstić information content (AvgIpc) is 2.05. The van der Waals surface area contributed by atoms with Gasteiger partial charge in [-0.05, 0) is 19.1 Å². The van der Waals surface area contributed by atoms with Crippen LogP contribution in [0, 0.1) is 6.92 Å². The van der Waals surface area contributed by atoms with Crippen LogP contribution in [0.1, 0.15) is 5.56 Å². The van der Waals surface area contributed by atoms with E-state index in [1.807, 2.05) is 0 Å². The van der Waals surface area contributed by atoms with Crippen molar-refractivity contribution in [2.24, 2.45) is 0 Å². The summed E-state index contributed by atoms with van der Waals surface area (Å²) < 4.78 is 28.8. The van der Waals surface area contributed by atoms with Gasteiger partial charge in [-0.3, -0.25) is 0 Å². The number of halogens is 3. The Balaban J connectivity index is 3.10. The Labute approximate surface area is 82.8 Å². The first-order valence-electron chi connectivity index (χ1n) is 3.51. The number of nitrogen functional groups attached to an aromatic ring is 1. The zero-order valence-corrected chi connectivity index (χ0v) is 8.44. The highest BCUT2D eigenvalue weighted by Gasteiger charge is 2.12. The number of hydrogen-bond acceptors (Lipinski definition) is 2. The molecule has 0 bridgehead atoms. The molecule has 0 aromatic heterocycles. The fraction of sp³-hybridized carbons (Fsp3) is 0.250. The highest BCUT2D eigenvalue weighted by molar-refractivity contribution is 9.10. The van der Waals surface area contributed by atoms with Crippen molar-refractivity contribution in [1.82, 2.24) is 0 Å². The van der Waals surface area contributed by atoms with Gasteiger partial charge in [0.15, 0.2) is 5.75 Å². The third kappa shape index (κ3) is 2.30. The summed E-state index contributed by atoms with van der Waals surface area (Å²) in [5.41, 5.74) is 6.24.